The van der Waals surface area contributed by atoms with Gasteiger partial charge in [0, 0.05) is 42.3 Å². The molecule has 0 atom stereocenters. The molecule has 0 unspecified atom stereocenters. The first-order valence-electron chi connectivity index (χ1n) is 10.5. The number of halogens is 2. The highest BCUT2D eigenvalue weighted by Gasteiger charge is 2.23. The number of imidazole rings is 1. The molecule has 1 saturated heterocycles. The van der Waals surface area contributed by atoms with E-state index < -0.39 is 0 Å². The molecule has 1 fully saturated rings. The molecule has 0 radical (unpaired) electrons. The highest BCUT2D eigenvalue weighted by atomic mass is 35.5. The van der Waals surface area contributed by atoms with Crippen molar-refractivity contribution in [3.63, 3.8) is 0 Å². The summed E-state index contributed by atoms with van der Waals surface area (Å²) in [4.78, 5) is 13.2. The Kier molecular flexibility index (Phi) is 5.48. The van der Waals surface area contributed by atoms with Gasteiger partial charge in [0.25, 0.3) is 0 Å². The molecule has 0 saturated carbocycles. The predicted molar refractivity (Wildman–Crippen MR) is 131 cm³/mol. The summed E-state index contributed by atoms with van der Waals surface area (Å²) in [5.74, 6) is 0.780. The van der Waals surface area contributed by atoms with Crippen LogP contribution in [-0.2, 0) is 7.05 Å². The van der Waals surface area contributed by atoms with E-state index in [-0.39, 0.29) is 18.2 Å². The molecular formula is C22H22Cl2N8O. The van der Waals surface area contributed by atoms with Crippen molar-refractivity contribution in [2.45, 2.75) is 18.9 Å². The second kappa shape index (κ2) is 8.33. The third kappa shape index (κ3) is 3.52. The number of nitrogens with two attached hydrogens (primary N) is 1. The van der Waals surface area contributed by atoms with Crippen molar-refractivity contribution in [1.82, 2.24) is 34.6 Å². The Morgan fingerprint density at radius 2 is 1.94 bits per heavy atom. The number of hydrogen-bond acceptors (Lipinski definition) is 7. The number of piperidine rings is 1. The van der Waals surface area contributed by atoms with Crippen LogP contribution in [0.1, 0.15) is 18.9 Å². The third-order valence-corrected chi connectivity index (χ3v) is 6.45. The van der Waals surface area contributed by atoms with Gasteiger partial charge < -0.3 is 20.0 Å². The van der Waals surface area contributed by atoms with Crippen LogP contribution in [0.4, 0.5) is 5.82 Å². The minimum atomic E-state index is 0. The molecule has 6 heterocycles. The van der Waals surface area contributed by atoms with Gasteiger partial charge in [0.2, 0.25) is 0 Å². The number of pyridine rings is 2. The highest BCUT2D eigenvalue weighted by Crippen LogP contribution is 2.43. The average Bonchev–Trinajstić information content (AvgIpc) is 3.53. The van der Waals surface area contributed by atoms with Crippen LogP contribution in [0.5, 0.6) is 0 Å². The van der Waals surface area contributed by atoms with Crippen LogP contribution >= 0.6 is 24.0 Å². The van der Waals surface area contributed by atoms with Gasteiger partial charge in [-0.25, -0.2) is 15.0 Å². The molecule has 1 aliphatic rings. The summed E-state index contributed by atoms with van der Waals surface area (Å²) >= 11 is 6.86. The van der Waals surface area contributed by atoms with Crippen LogP contribution in [0.25, 0.3) is 44.6 Å². The van der Waals surface area contributed by atoms with Crippen molar-refractivity contribution in [2.24, 2.45) is 7.05 Å². The third-order valence-electron chi connectivity index (χ3n) is 6.09. The second-order valence-electron chi connectivity index (χ2n) is 8.12. The number of fused-ring (bicyclic) bond motifs is 2. The Labute approximate surface area is 200 Å². The van der Waals surface area contributed by atoms with E-state index in [2.05, 4.69) is 25.4 Å². The monoisotopic (exact) mass is 484 g/mol. The summed E-state index contributed by atoms with van der Waals surface area (Å²) in [6, 6.07) is 2.29. The molecule has 11 heteroatoms. The van der Waals surface area contributed by atoms with Gasteiger partial charge in [0.05, 0.1) is 29.0 Å². The Balaban J connectivity index is 0.00000228. The molecule has 1 aliphatic heterocycles. The predicted octanol–water partition coefficient (Wildman–Crippen LogP) is 4.22. The van der Waals surface area contributed by atoms with Crippen molar-refractivity contribution in [2.75, 3.05) is 18.8 Å². The van der Waals surface area contributed by atoms with Crippen molar-refractivity contribution in [3.05, 3.63) is 42.2 Å². The molecule has 3 N–H and O–H groups in total. The fraction of sp³-hybridized carbons (Fsp3) is 0.273. The normalized spacial score (nSPS) is 14.7. The topological polar surface area (TPSA) is 113 Å². The van der Waals surface area contributed by atoms with Crippen LogP contribution in [-0.4, -0.2) is 42.4 Å². The molecule has 5 aromatic heterocycles. The van der Waals surface area contributed by atoms with Gasteiger partial charge in [-0.1, -0.05) is 11.6 Å². The molecule has 6 rings (SSSR count). The molecule has 0 aromatic carbocycles. The summed E-state index contributed by atoms with van der Waals surface area (Å²) < 4.78 is 10.0. The smallest absolute Gasteiger partial charge is 0.179 e. The van der Waals surface area contributed by atoms with Gasteiger partial charge in [0.1, 0.15) is 5.52 Å². The van der Waals surface area contributed by atoms with E-state index in [1.807, 2.05) is 34.8 Å². The Morgan fingerprint density at radius 1 is 1.12 bits per heavy atom. The number of rotatable bonds is 3. The van der Waals surface area contributed by atoms with Gasteiger partial charge in [-0.05, 0) is 32.0 Å². The number of aromatic nitrogens is 6. The minimum Gasteiger partial charge on any atom is -0.450 e. The van der Waals surface area contributed by atoms with Gasteiger partial charge in [-0.2, -0.15) is 5.10 Å². The summed E-state index contributed by atoms with van der Waals surface area (Å²) in [6.45, 7) is 2.00. The molecule has 0 bridgehead atoms. The maximum Gasteiger partial charge on any atom is 0.179 e. The zero-order valence-corrected chi connectivity index (χ0v) is 19.4. The Hall–Kier alpha value is -3.14. The van der Waals surface area contributed by atoms with E-state index >= 15 is 0 Å². The molecule has 170 valence electrons. The minimum absolute atomic E-state index is 0. The molecular weight excluding hydrogens is 463 g/mol. The van der Waals surface area contributed by atoms with Crippen molar-refractivity contribution >= 4 is 52.0 Å². The van der Waals surface area contributed by atoms with Gasteiger partial charge in [-0.3, -0.25) is 4.68 Å². The summed E-state index contributed by atoms with van der Waals surface area (Å²) in [7, 11) is 1.90. The lowest BCUT2D eigenvalue weighted by Gasteiger charge is -2.22. The fourth-order valence-corrected chi connectivity index (χ4v) is 4.72. The Bertz CT molecular complexity index is 1460. The maximum absolute atomic E-state index is 6.86. The number of hydrogen-bond donors (Lipinski definition) is 2. The molecule has 9 nitrogen and oxygen atoms in total. The lowest BCUT2D eigenvalue weighted by Crippen LogP contribution is -2.29. The van der Waals surface area contributed by atoms with Crippen LogP contribution in [0.15, 0.2) is 41.6 Å². The SMILES string of the molecule is Cl.Cn1cnc2cc(-c3oc4c(N)ncc(-c5cnn(C6CCNCC6)c5)c4c3Cl)cnc21. The first kappa shape index (κ1) is 21.7. The first-order chi connectivity index (χ1) is 15.6. The average molecular weight is 485 g/mol. The summed E-state index contributed by atoms with van der Waals surface area (Å²) in [6.07, 6.45) is 11.2. The van der Waals surface area contributed by atoms with Crippen molar-refractivity contribution in [3.8, 4) is 22.5 Å². The fourth-order valence-electron chi connectivity index (χ4n) is 4.38. The van der Waals surface area contributed by atoms with Crippen molar-refractivity contribution in [1.29, 1.82) is 0 Å². The van der Waals surface area contributed by atoms with Gasteiger partial charge >= 0.3 is 0 Å². The molecule has 0 amide bonds. The highest BCUT2D eigenvalue weighted by molar-refractivity contribution is 6.39. The summed E-state index contributed by atoms with van der Waals surface area (Å²) in [5.41, 5.74) is 10.6. The largest absolute Gasteiger partial charge is 0.450 e. The van der Waals surface area contributed by atoms with Gasteiger partial charge in [0.15, 0.2) is 22.8 Å². The number of anilines is 1. The number of aryl methyl sites for hydroxylation is 1. The van der Waals surface area contributed by atoms with E-state index in [1.165, 1.54) is 0 Å². The summed E-state index contributed by atoms with van der Waals surface area (Å²) in [5, 5.41) is 9.19. The zero-order chi connectivity index (χ0) is 21.8. The quantitative estimate of drug-likeness (QED) is 0.394. The van der Waals surface area contributed by atoms with E-state index in [4.69, 9.17) is 21.8 Å². The number of nitrogens with one attached hydrogen (secondary N) is 1. The van der Waals surface area contributed by atoms with Crippen LogP contribution in [0, 0.1) is 0 Å². The maximum atomic E-state index is 6.86. The molecule has 0 spiro atoms. The lowest BCUT2D eigenvalue weighted by molar-refractivity contribution is 0.343. The van der Waals surface area contributed by atoms with E-state index in [0.717, 1.165) is 59.2 Å². The molecule has 33 heavy (non-hydrogen) atoms. The van der Waals surface area contributed by atoms with Crippen LogP contribution < -0.4 is 11.1 Å². The standard InChI is InChI=1S/C22H21ClN8O.ClH/c1-30-11-28-16-6-12(7-27-22(16)30)19-18(23)17-15(9-26-21(24)20(17)32-19)13-8-29-31(10-13)14-2-4-25-5-3-14;/h6-11,14,25H,2-5H2,1H3,(H2,24,26);1H. The molecule has 5 aromatic rings. The zero-order valence-electron chi connectivity index (χ0n) is 17.8. The van der Waals surface area contributed by atoms with Crippen LogP contribution in [0.2, 0.25) is 5.02 Å². The van der Waals surface area contributed by atoms with E-state index in [9.17, 15) is 0 Å². The number of furan rings is 1. The number of nitrogen functional groups attached to an aromatic ring is 1. The van der Waals surface area contributed by atoms with Crippen molar-refractivity contribution < 1.29 is 4.42 Å². The van der Waals surface area contributed by atoms with E-state index in [1.54, 1.807) is 18.7 Å². The first-order valence-corrected chi connectivity index (χ1v) is 10.9. The van der Waals surface area contributed by atoms with E-state index in [0.29, 0.717) is 22.4 Å². The lowest BCUT2D eigenvalue weighted by atomic mass is 10.1. The second-order valence-corrected chi connectivity index (χ2v) is 8.50. The molecule has 0 aliphatic carbocycles. The van der Waals surface area contributed by atoms with Gasteiger partial charge in [-0.15, -0.1) is 12.4 Å². The number of nitrogens with zero attached hydrogens (tertiary/aromatic N) is 6. The Morgan fingerprint density at radius 3 is 2.76 bits per heavy atom. The van der Waals surface area contributed by atoms with Crippen LogP contribution in [0.3, 0.4) is 0 Å².